The SMILES string of the molecule is Cc1ccnc(-n2cnc(NN)nc2=O)c1. The number of hydrazine groups is 1. The van der Waals surface area contributed by atoms with E-state index < -0.39 is 5.69 Å². The second-order valence-corrected chi connectivity index (χ2v) is 3.17. The molecule has 0 aromatic carbocycles. The van der Waals surface area contributed by atoms with Gasteiger partial charge in [-0.15, -0.1) is 0 Å². The molecule has 0 spiro atoms. The van der Waals surface area contributed by atoms with Gasteiger partial charge in [0.15, 0.2) is 0 Å². The second kappa shape index (κ2) is 4.07. The van der Waals surface area contributed by atoms with Crippen LogP contribution in [0.15, 0.2) is 29.5 Å². The summed E-state index contributed by atoms with van der Waals surface area (Å²) in [6.45, 7) is 1.91. The van der Waals surface area contributed by atoms with Gasteiger partial charge in [-0.2, -0.15) is 4.98 Å². The van der Waals surface area contributed by atoms with Crippen molar-refractivity contribution in [2.24, 2.45) is 5.84 Å². The summed E-state index contributed by atoms with van der Waals surface area (Å²) in [5.41, 5.74) is 2.71. The molecule has 0 fully saturated rings. The quantitative estimate of drug-likeness (QED) is 0.526. The van der Waals surface area contributed by atoms with Crippen LogP contribution in [-0.4, -0.2) is 19.5 Å². The zero-order chi connectivity index (χ0) is 11.5. The molecule has 2 aromatic heterocycles. The van der Waals surface area contributed by atoms with Crippen LogP contribution < -0.4 is 17.0 Å². The Balaban J connectivity index is 2.53. The fraction of sp³-hybridized carbons (Fsp3) is 0.111. The van der Waals surface area contributed by atoms with Crippen molar-refractivity contribution in [3.63, 3.8) is 0 Å². The fourth-order valence-corrected chi connectivity index (χ4v) is 1.21. The third-order valence-electron chi connectivity index (χ3n) is 1.98. The number of hydrogen-bond acceptors (Lipinski definition) is 6. The lowest BCUT2D eigenvalue weighted by molar-refractivity contribution is 0.834. The van der Waals surface area contributed by atoms with E-state index in [9.17, 15) is 4.79 Å². The molecule has 16 heavy (non-hydrogen) atoms. The van der Waals surface area contributed by atoms with E-state index in [1.54, 1.807) is 12.3 Å². The van der Waals surface area contributed by atoms with Gasteiger partial charge in [-0.3, -0.25) is 5.43 Å². The normalized spacial score (nSPS) is 10.1. The molecule has 0 radical (unpaired) electrons. The maximum absolute atomic E-state index is 11.6. The Hall–Kier alpha value is -2.28. The first kappa shape index (κ1) is 10.2. The Labute approximate surface area is 91.0 Å². The van der Waals surface area contributed by atoms with E-state index in [1.165, 1.54) is 10.9 Å². The fourth-order valence-electron chi connectivity index (χ4n) is 1.21. The minimum atomic E-state index is -0.485. The highest BCUT2D eigenvalue weighted by Crippen LogP contribution is 2.03. The molecule has 2 heterocycles. The van der Waals surface area contributed by atoms with Crippen molar-refractivity contribution < 1.29 is 0 Å². The molecule has 2 aromatic rings. The van der Waals surface area contributed by atoms with Gasteiger partial charge < -0.3 is 0 Å². The van der Waals surface area contributed by atoms with Crippen molar-refractivity contribution in [1.82, 2.24) is 19.5 Å². The van der Waals surface area contributed by atoms with Crippen LogP contribution in [0.3, 0.4) is 0 Å². The molecule has 0 aliphatic rings. The number of nitrogens with zero attached hydrogens (tertiary/aromatic N) is 4. The Morgan fingerprint density at radius 3 is 2.88 bits per heavy atom. The van der Waals surface area contributed by atoms with Gasteiger partial charge in [-0.25, -0.2) is 25.2 Å². The van der Waals surface area contributed by atoms with Crippen LogP contribution in [0.2, 0.25) is 0 Å². The smallest absolute Gasteiger partial charge is 0.292 e. The van der Waals surface area contributed by atoms with Gasteiger partial charge in [0, 0.05) is 6.20 Å². The monoisotopic (exact) mass is 218 g/mol. The van der Waals surface area contributed by atoms with E-state index in [0.29, 0.717) is 5.82 Å². The average molecular weight is 218 g/mol. The minimum absolute atomic E-state index is 0.0777. The lowest BCUT2D eigenvalue weighted by Gasteiger charge is -2.04. The molecule has 3 N–H and O–H groups in total. The summed E-state index contributed by atoms with van der Waals surface area (Å²) in [5, 5.41) is 0. The molecular weight excluding hydrogens is 208 g/mol. The molecule has 0 aliphatic heterocycles. The number of aryl methyl sites for hydroxylation is 1. The zero-order valence-electron chi connectivity index (χ0n) is 8.58. The summed E-state index contributed by atoms with van der Waals surface area (Å²) in [6.07, 6.45) is 2.94. The van der Waals surface area contributed by atoms with Crippen molar-refractivity contribution in [1.29, 1.82) is 0 Å². The predicted octanol–water partition coefficient (Wildman–Crippen LogP) is -0.383. The first-order valence-corrected chi connectivity index (χ1v) is 4.56. The van der Waals surface area contributed by atoms with Crippen LogP contribution in [-0.2, 0) is 0 Å². The molecule has 0 unspecified atom stereocenters. The lowest BCUT2D eigenvalue weighted by Crippen LogP contribution is -2.25. The Bertz CT molecular complexity index is 564. The second-order valence-electron chi connectivity index (χ2n) is 3.17. The van der Waals surface area contributed by atoms with Crippen molar-refractivity contribution in [2.75, 3.05) is 5.43 Å². The number of nitrogens with one attached hydrogen (secondary N) is 1. The minimum Gasteiger partial charge on any atom is -0.292 e. The third kappa shape index (κ3) is 1.89. The molecular formula is C9H10N6O. The molecule has 0 saturated carbocycles. The van der Waals surface area contributed by atoms with Gasteiger partial charge >= 0.3 is 5.69 Å². The molecule has 0 amide bonds. The summed E-state index contributed by atoms with van der Waals surface area (Å²) >= 11 is 0. The number of nitrogens with two attached hydrogens (primary N) is 1. The molecule has 7 nitrogen and oxygen atoms in total. The van der Waals surface area contributed by atoms with E-state index in [1.807, 2.05) is 13.0 Å². The topological polar surface area (TPSA) is 98.7 Å². The highest BCUT2D eigenvalue weighted by Gasteiger charge is 2.03. The first-order chi connectivity index (χ1) is 7.70. The molecule has 0 bridgehead atoms. The van der Waals surface area contributed by atoms with Crippen LogP contribution in [0.5, 0.6) is 0 Å². The summed E-state index contributed by atoms with van der Waals surface area (Å²) in [5.74, 6) is 5.65. The number of aromatic nitrogens is 4. The van der Waals surface area contributed by atoms with E-state index in [-0.39, 0.29) is 5.95 Å². The number of pyridine rings is 1. The number of hydrogen-bond donors (Lipinski definition) is 2. The van der Waals surface area contributed by atoms with Gasteiger partial charge in [0.05, 0.1) is 0 Å². The van der Waals surface area contributed by atoms with Crippen LogP contribution in [0.4, 0.5) is 5.95 Å². The number of nitrogen functional groups attached to an aromatic ring is 1. The van der Waals surface area contributed by atoms with E-state index in [2.05, 4.69) is 20.4 Å². The average Bonchev–Trinajstić information content (AvgIpc) is 2.28. The predicted molar refractivity (Wildman–Crippen MR) is 58.0 cm³/mol. The van der Waals surface area contributed by atoms with Gasteiger partial charge in [-0.1, -0.05) is 0 Å². The summed E-state index contributed by atoms with van der Waals surface area (Å²) in [7, 11) is 0. The van der Waals surface area contributed by atoms with Crippen molar-refractivity contribution >= 4 is 5.95 Å². The van der Waals surface area contributed by atoms with Gasteiger partial charge in [0.2, 0.25) is 5.95 Å². The first-order valence-electron chi connectivity index (χ1n) is 4.56. The maximum atomic E-state index is 11.6. The Kier molecular flexibility index (Phi) is 2.61. The van der Waals surface area contributed by atoms with Gasteiger partial charge in [0.25, 0.3) is 0 Å². The number of anilines is 1. The maximum Gasteiger partial charge on any atom is 0.357 e. The summed E-state index contributed by atoms with van der Waals surface area (Å²) < 4.78 is 1.24. The van der Waals surface area contributed by atoms with E-state index >= 15 is 0 Å². The van der Waals surface area contributed by atoms with Gasteiger partial charge in [-0.05, 0) is 24.6 Å². The standard InChI is InChI=1S/C9H10N6O/c1-6-2-3-11-7(4-6)15-5-12-8(14-10)13-9(15)16/h2-5H,10H2,1H3,(H,13,14,16). The van der Waals surface area contributed by atoms with Gasteiger partial charge in [0.1, 0.15) is 12.1 Å². The van der Waals surface area contributed by atoms with Crippen LogP contribution >= 0.6 is 0 Å². The zero-order valence-corrected chi connectivity index (χ0v) is 8.58. The summed E-state index contributed by atoms with van der Waals surface area (Å²) in [6, 6.07) is 3.60. The van der Waals surface area contributed by atoms with Crippen LogP contribution in [0.25, 0.3) is 5.82 Å². The molecule has 0 aliphatic carbocycles. The molecule has 2 rings (SSSR count). The van der Waals surface area contributed by atoms with Crippen LogP contribution in [0, 0.1) is 6.92 Å². The molecule has 0 atom stereocenters. The van der Waals surface area contributed by atoms with E-state index in [0.717, 1.165) is 5.56 Å². The molecule has 7 heteroatoms. The highest BCUT2D eigenvalue weighted by molar-refractivity contribution is 5.27. The van der Waals surface area contributed by atoms with Crippen molar-refractivity contribution in [2.45, 2.75) is 6.92 Å². The molecule has 0 saturated heterocycles. The molecule has 82 valence electrons. The Morgan fingerprint density at radius 2 is 2.25 bits per heavy atom. The highest BCUT2D eigenvalue weighted by atomic mass is 16.1. The van der Waals surface area contributed by atoms with Crippen molar-refractivity contribution in [3.05, 3.63) is 40.7 Å². The third-order valence-corrected chi connectivity index (χ3v) is 1.98. The van der Waals surface area contributed by atoms with E-state index in [4.69, 9.17) is 5.84 Å². The number of rotatable bonds is 2. The Morgan fingerprint density at radius 1 is 1.44 bits per heavy atom. The lowest BCUT2D eigenvalue weighted by atomic mass is 10.3. The van der Waals surface area contributed by atoms with Crippen LogP contribution in [0.1, 0.15) is 5.56 Å². The van der Waals surface area contributed by atoms with Crippen molar-refractivity contribution in [3.8, 4) is 5.82 Å². The largest absolute Gasteiger partial charge is 0.357 e. The summed E-state index contributed by atoms with van der Waals surface area (Å²) in [4.78, 5) is 23.1.